The van der Waals surface area contributed by atoms with Crippen LogP contribution in [0, 0.1) is 0 Å². The topological polar surface area (TPSA) is 48.5 Å². The first-order valence-corrected chi connectivity index (χ1v) is 22.0. The average molecular weight is 822 g/mol. The summed E-state index contributed by atoms with van der Waals surface area (Å²) >= 11 is 1.80. The van der Waals surface area contributed by atoms with Crippen LogP contribution in [0.5, 0.6) is 0 Å². The summed E-state index contributed by atoms with van der Waals surface area (Å²) in [4.78, 5) is 15.9. The maximum absolute atomic E-state index is 5.39. The van der Waals surface area contributed by atoms with E-state index in [-0.39, 0.29) is 0 Å². The molecule has 13 aromatic rings. The van der Waals surface area contributed by atoms with Crippen LogP contribution in [0.1, 0.15) is 0 Å². The van der Waals surface area contributed by atoms with Crippen molar-refractivity contribution < 1.29 is 0 Å². The van der Waals surface area contributed by atoms with E-state index in [1.807, 2.05) is 18.2 Å². The number of aromatic nitrogens is 5. The highest BCUT2D eigenvalue weighted by molar-refractivity contribution is 7.25. The molecule has 0 atom stereocenters. The molecule has 0 saturated carbocycles. The number of para-hydroxylation sites is 4. The smallest absolute Gasteiger partial charge is 0.166 e. The normalized spacial score (nSPS) is 11.8. The van der Waals surface area contributed by atoms with Gasteiger partial charge in [-0.15, -0.1) is 11.3 Å². The number of nitrogens with zero attached hydrogens (tertiary/aromatic N) is 5. The van der Waals surface area contributed by atoms with Crippen LogP contribution in [0.2, 0.25) is 0 Å². The Morgan fingerprint density at radius 2 is 0.778 bits per heavy atom. The Morgan fingerprint density at radius 3 is 1.51 bits per heavy atom. The van der Waals surface area contributed by atoms with Crippen LogP contribution >= 0.6 is 11.3 Å². The highest BCUT2D eigenvalue weighted by Gasteiger charge is 2.23. The monoisotopic (exact) mass is 821 g/mol. The molecule has 5 nitrogen and oxygen atoms in total. The zero-order valence-corrected chi connectivity index (χ0v) is 34.7. The van der Waals surface area contributed by atoms with E-state index < -0.39 is 0 Å². The van der Waals surface area contributed by atoms with Gasteiger partial charge in [-0.05, 0) is 71.8 Å². The van der Waals surface area contributed by atoms with Gasteiger partial charge in [-0.1, -0.05) is 152 Å². The predicted octanol–water partition coefficient (Wildman–Crippen LogP) is 15.1. The average Bonchev–Trinajstić information content (AvgIpc) is 4.02. The van der Waals surface area contributed by atoms with Gasteiger partial charge in [0.25, 0.3) is 0 Å². The van der Waals surface area contributed by atoms with Crippen LogP contribution in [-0.2, 0) is 0 Å². The molecular formula is C57H35N5S. The van der Waals surface area contributed by atoms with Gasteiger partial charge in [0.05, 0.1) is 27.8 Å². The van der Waals surface area contributed by atoms with Crippen LogP contribution in [0.3, 0.4) is 0 Å². The van der Waals surface area contributed by atoms with Gasteiger partial charge in [0.1, 0.15) is 0 Å². The number of thiophene rings is 1. The van der Waals surface area contributed by atoms with E-state index in [4.69, 9.17) is 15.0 Å². The van der Waals surface area contributed by atoms with Crippen molar-refractivity contribution in [2.75, 3.05) is 0 Å². The fourth-order valence-corrected chi connectivity index (χ4v) is 10.9. The minimum atomic E-state index is 0.617. The van der Waals surface area contributed by atoms with Gasteiger partial charge in [-0.2, -0.15) is 0 Å². The van der Waals surface area contributed by atoms with Crippen molar-refractivity contribution in [2.45, 2.75) is 0 Å². The first-order valence-electron chi connectivity index (χ1n) is 21.2. The van der Waals surface area contributed by atoms with Crippen LogP contribution in [0.15, 0.2) is 212 Å². The summed E-state index contributed by atoms with van der Waals surface area (Å²) < 4.78 is 7.24. The number of hydrogen-bond acceptors (Lipinski definition) is 4. The molecule has 0 saturated heterocycles. The van der Waals surface area contributed by atoms with Crippen LogP contribution < -0.4 is 0 Å². The predicted molar refractivity (Wildman–Crippen MR) is 263 cm³/mol. The van der Waals surface area contributed by atoms with Crippen molar-refractivity contribution in [1.82, 2.24) is 24.1 Å². The molecule has 4 aromatic heterocycles. The van der Waals surface area contributed by atoms with Crippen LogP contribution in [0.25, 0.3) is 120 Å². The largest absolute Gasteiger partial charge is 0.309 e. The Labute approximate surface area is 366 Å². The molecule has 0 radical (unpaired) electrons. The van der Waals surface area contributed by atoms with E-state index in [0.29, 0.717) is 17.5 Å². The summed E-state index contributed by atoms with van der Waals surface area (Å²) in [7, 11) is 0. The fraction of sp³-hybridized carbons (Fsp3) is 0. The highest BCUT2D eigenvalue weighted by Crippen LogP contribution is 2.45. The molecule has 6 heteroatoms. The molecule has 9 aromatic carbocycles. The highest BCUT2D eigenvalue weighted by atomic mass is 32.1. The minimum absolute atomic E-state index is 0.617. The molecule has 0 N–H and O–H groups in total. The standard InChI is InChI=1S/C57H35N5S/c1-3-18-36(19-4-1)55-58-56(60-57(59-55)44-28-17-35-51-54(44)43-25-10-14-34-50(43)63-51)42-24-9-13-31-47(42)62-46-30-12-8-23-41(46)53-39(27-16-33-49(53)62)38-26-15-32-48-52(38)40-22-7-11-29-45(40)61(48)37-20-5-2-6-21-37/h1-35H. The molecular weight excluding hydrogens is 787 g/mol. The molecule has 63 heavy (non-hydrogen) atoms. The molecule has 4 heterocycles. The molecule has 0 fully saturated rings. The van der Waals surface area contributed by atoms with Crippen molar-refractivity contribution in [3.8, 4) is 56.7 Å². The van der Waals surface area contributed by atoms with Gasteiger partial charge < -0.3 is 9.13 Å². The lowest BCUT2D eigenvalue weighted by Gasteiger charge is -2.15. The summed E-state index contributed by atoms with van der Waals surface area (Å²) in [5.74, 6) is 1.90. The molecule has 0 bridgehead atoms. The molecule has 294 valence electrons. The first kappa shape index (κ1) is 35.6. The zero-order valence-electron chi connectivity index (χ0n) is 33.9. The lowest BCUT2D eigenvalue weighted by Crippen LogP contribution is -2.03. The SMILES string of the molecule is c1ccc(-c2nc(-c3ccccc3-n3c4ccccc4c4c(-c5cccc6c5c5ccccc5n6-c5ccccc5)cccc43)nc(-c3cccc4sc5ccccc5c34)n2)cc1. The van der Waals surface area contributed by atoms with Gasteiger partial charge in [-0.3, -0.25) is 0 Å². The summed E-state index contributed by atoms with van der Waals surface area (Å²) in [6, 6.07) is 75.5. The molecule has 0 unspecified atom stereocenters. The summed E-state index contributed by atoms with van der Waals surface area (Å²) in [6.45, 7) is 0. The van der Waals surface area contributed by atoms with E-state index in [1.54, 1.807) is 11.3 Å². The summed E-state index contributed by atoms with van der Waals surface area (Å²) in [6.07, 6.45) is 0. The lowest BCUT2D eigenvalue weighted by molar-refractivity contribution is 1.07. The van der Waals surface area contributed by atoms with E-state index in [2.05, 4.69) is 203 Å². The quantitative estimate of drug-likeness (QED) is 0.168. The van der Waals surface area contributed by atoms with E-state index >= 15 is 0 Å². The third-order valence-electron chi connectivity index (χ3n) is 12.4. The number of rotatable bonds is 6. The van der Waals surface area contributed by atoms with Crippen molar-refractivity contribution in [3.63, 3.8) is 0 Å². The maximum Gasteiger partial charge on any atom is 0.166 e. The lowest BCUT2D eigenvalue weighted by atomic mass is 9.95. The molecule has 0 spiro atoms. The van der Waals surface area contributed by atoms with Gasteiger partial charge in [-0.25, -0.2) is 15.0 Å². The number of fused-ring (bicyclic) bond motifs is 9. The molecule has 0 aliphatic carbocycles. The van der Waals surface area contributed by atoms with Crippen LogP contribution in [0.4, 0.5) is 0 Å². The van der Waals surface area contributed by atoms with E-state index in [9.17, 15) is 0 Å². The molecule has 13 rings (SSSR count). The first-order chi connectivity index (χ1) is 31.3. The van der Waals surface area contributed by atoms with Gasteiger partial charge in [0, 0.05) is 64.1 Å². The third-order valence-corrected chi connectivity index (χ3v) is 13.5. The summed E-state index contributed by atoms with van der Waals surface area (Å²) in [5, 5.41) is 7.21. The Hall–Kier alpha value is -8.19. The number of hydrogen-bond donors (Lipinski definition) is 0. The Kier molecular flexibility index (Phi) is 8.01. The van der Waals surface area contributed by atoms with Crippen molar-refractivity contribution in [2.24, 2.45) is 0 Å². The van der Waals surface area contributed by atoms with Gasteiger partial charge >= 0.3 is 0 Å². The van der Waals surface area contributed by atoms with Crippen molar-refractivity contribution in [1.29, 1.82) is 0 Å². The second kappa shape index (κ2) is 14.2. The van der Waals surface area contributed by atoms with Gasteiger partial charge in [0.2, 0.25) is 0 Å². The Bertz CT molecular complexity index is 3920. The zero-order chi connectivity index (χ0) is 41.4. The maximum atomic E-state index is 5.39. The van der Waals surface area contributed by atoms with E-state index in [1.165, 1.54) is 63.9 Å². The second-order valence-electron chi connectivity index (χ2n) is 15.9. The van der Waals surface area contributed by atoms with Crippen molar-refractivity contribution in [3.05, 3.63) is 212 Å². The van der Waals surface area contributed by atoms with Gasteiger partial charge in [0.15, 0.2) is 17.5 Å². The Balaban J connectivity index is 1.07. The van der Waals surface area contributed by atoms with Crippen molar-refractivity contribution >= 4 is 75.1 Å². The molecule has 0 aliphatic rings. The van der Waals surface area contributed by atoms with E-state index in [0.717, 1.165) is 39.1 Å². The molecule has 0 amide bonds. The second-order valence-corrected chi connectivity index (χ2v) is 17.0. The minimum Gasteiger partial charge on any atom is -0.309 e. The third kappa shape index (κ3) is 5.52. The number of benzene rings is 9. The summed E-state index contributed by atoms with van der Waals surface area (Å²) in [5.41, 5.74) is 12.0. The van der Waals surface area contributed by atoms with Crippen LogP contribution in [-0.4, -0.2) is 24.1 Å². The fourth-order valence-electron chi connectivity index (χ4n) is 9.75. The Morgan fingerprint density at radius 1 is 0.302 bits per heavy atom. The molecule has 0 aliphatic heterocycles.